The fourth-order valence-corrected chi connectivity index (χ4v) is 5.84. The van der Waals surface area contributed by atoms with Crippen molar-refractivity contribution >= 4 is 55.9 Å². The summed E-state index contributed by atoms with van der Waals surface area (Å²) in [5.74, 6) is 1.92. The van der Waals surface area contributed by atoms with Gasteiger partial charge in [-0.1, -0.05) is 35.2 Å². The molecular formula is C25H23N5O4S2. The predicted octanol–water partition coefficient (Wildman–Crippen LogP) is 5.00. The summed E-state index contributed by atoms with van der Waals surface area (Å²) in [6.07, 6.45) is 0.122. The fourth-order valence-electron chi connectivity index (χ4n) is 3.85. The minimum absolute atomic E-state index is 0.122. The summed E-state index contributed by atoms with van der Waals surface area (Å²) in [6, 6.07) is 17.1. The van der Waals surface area contributed by atoms with Crippen molar-refractivity contribution in [1.29, 1.82) is 0 Å². The molecular weight excluding hydrogens is 498 g/mol. The first kappa shape index (κ1) is 23.9. The second-order valence-electron chi connectivity index (χ2n) is 7.73. The van der Waals surface area contributed by atoms with Crippen LogP contribution in [0.2, 0.25) is 0 Å². The summed E-state index contributed by atoms with van der Waals surface area (Å²) in [6.45, 7) is 0. The quantitative estimate of drug-likeness (QED) is 0.271. The topological polar surface area (TPSA) is 100 Å². The molecule has 11 heteroatoms. The maximum Gasteiger partial charge on any atom is 0.228 e. The molecule has 5 aromatic rings. The summed E-state index contributed by atoms with van der Waals surface area (Å²) in [7, 11) is 4.63. The molecule has 184 valence electrons. The number of carbonyl (C=O) groups is 1. The normalized spacial score (nSPS) is 11.1. The van der Waals surface area contributed by atoms with Gasteiger partial charge in [0.05, 0.1) is 49.4 Å². The maximum absolute atomic E-state index is 12.8. The van der Waals surface area contributed by atoms with Gasteiger partial charge >= 0.3 is 0 Å². The van der Waals surface area contributed by atoms with Crippen LogP contribution in [0.4, 0.5) is 5.69 Å². The Morgan fingerprint density at radius 2 is 1.83 bits per heavy atom. The van der Waals surface area contributed by atoms with Gasteiger partial charge in [0.2, 0.25) is 11.7 Å². The van der Waals surface area contributed by atoms with Crippen molar-refractivity contribution < 1.29 is 19.0 Å². The smallest absolute Gasteiger partial charge is 0.228 e. The number of benzene rings is 3. The minimum atomic E-state index is -0.169. The number of nitrogens with zero attached hydrogens (tertiary/aromatic N) is 4. The van der Waals surface area contributed by atoms with E-state index in [0.717, 1.165) is 25.6 Å². The lowest BCUT2D eigenvalue weighted by atomic mass is 10.1. The number of amides is 1. The second-order valence-corrected chi connectivity index (χ2v) is 9.95. The van der Waals surface area contributed by atoms with Crippen molar-refractivity contribution in [2.45, 2.75) is 16.6 Å². The molecule has 0 unspecified atom stereocenters. The third-order valence-electron chi connectivity index (χ3n) is 5.52. The average Bonchev–Trinajstić information content (AvgIpc) is 3.50. The van der Waals surface area contributed by atoms with Crippen LogP contribution >= 0.6 is 23.1 Å². The first-order valence-corrected chi connectivity index (χ1v) is 12.8. The molecule has 3 aromatic carbocycles. The summed E-state index contributed by atoms with van der Waals surface area (Å²) >= 11 is 3.17. The van der Waals surface area contributed by atoms with Gasteiger partial charge in [0.25, 0.3) is 0 Å². The molecule has 0 spiro atoms. The van der Waals surface area contributed by atoms with Crippen molar-refractivity contribution in [1.82, 2.24) is 20.0 Å². The molecule has 0 aliphatic carbocycles. The van der Waals surface area contributed by atoms with Gasteiger partial charge in [0.1, 0.15) is 5.52 Å². The Morgan fingerprint density at radius 1 is 1.00 bits per heavy atom. The largest absolute Gasteiger partial charge is 0.493 e. The van der Waals surface area contributed by atoms with Gasteiger partial charge in [0.15, 0.2) is 15.8 Å². The average molecular weight is 522 g/mol. The van der Waals surface area contributed by atoms with E-state index in [1.807, 2.05) is 47.1 Å². The lowest BCUT2D eigenvalue weighted by Gasteiger charge is -2.15. The number of nitrogens with one attached hydrogen (secondary N) is 1. The second kappa shape index (κ2) is 10.4. The van der Waals surface area contributed by atoms with E-state index >= 15 is 0 Å². The molecule has 2 aromatic heterocycles. The van der Waals surface area contributed by atoms with E-state index in [1.165, 1.54) is 14.2 Å². The first-order valence-electron chi connectivity index (χ1n) is 11.0. The molecule has 36 heavy (non-hydrogen) atoms. The predicted molar refractivity (Wildman–Crippen MR) is 141 cm³/mol. The molecule has 5 rings (SSSR count). The number of para-hydroxylation sites is 1. The van der Waals surface area contributed by atoms with Gasteiger partial charge < -0.3 is 19.5 Å². The van der Waals surface area contributed by atoms with Crippen LogP contribution in [-0.4, -0.2) is 47.2 Å². The Kier molecular flexibility index (Phi) is 6.92. The molecule has 9 nitrogen and oxygen atoms in total. The number of hydrogen-bond donors (Lipinski definition) is 1. The molecule has 0 bridgehead atoms. The molecule has 1 amide bonds. The van der Waals surface area contributed by atoms with E-state index in [4.69, 9.17) is 19.2 Å². The van der Waals surface area contributed by atoms with Crippen LogP contribution in [0, 0.1) is 0 Å². The molecule has 0 saturated heterocycles. The minimum Gasteiger partial charge on any atom is -0.493 e. The third-order valence-corrected chi connectivity index (χ3v) is 7.65. The van der Waals surface area contributed by atoms with Gasteiger partial charge in [-0.15, -0.1) is 16.4 Å². The zero-order chi connectivity index (χ0) is 25.1. The van der Waals surface area contributed by atoms with Crippen molar-refractivity contribution in [3.05, 3.63) is 60.2 Å². The van der Waals surface area contributed by atoms with Gasteiger partial charge in [-0.25, -0.2) is 9.67 Å². The summed E-state index contributed by atoms with van der Waals surface area (Å²) in [5, 5.41) is 11.4. The molecule has 2 heterocycles. The van der Waals surface area contributed by atoms with Crippen molar-refractivity contribution in [3.8, 4) is 17.2 Å². The lowest BCUT2D eigenvalue weighted by Crippen LogP contribution is -2.15. The number of methoxy groups -OCH3 is 3. The molecule has 0 fully saturated rings. The molecule has 0 atom stereocenters. The molecule has 0 aliphatic rings. The van der Waals surface area contributed by atoms with Gasteiger partial charge in [-0.05, 0) is 36.4 Å². The highest BCUT2D eigenvalue weighted by Gasteiger charge is 2.18. The number of thiazole rings is 1. The van der Waals surface area contributed by atoms with Crippen LogP contribution in [0.3, 0.4) is 0 Å². The van der Waals surface area contributed by atoms with E-state index in [-0.39, 0.29) is 12.3 Å². The highest BCUT2D eigenvalue weighted by atomic mass is 32.2. The highest BCUT2D eigenvalue weighted by molar-refractivity contribution is 8.00. The molecule has 0 radical (unpaired) electrons. The van der Waals surface area contributed by atoms with Crippen molar-refractivity contribution in [3.63, 3.8) is 0 Å². The van der Waals surface area contributed by atoms with E-state index < -0.39 is 0 Å². The van der Waals surface area contributed by atoms with E-state index in [0.29, 0.717) is 34.4 Å². The first-order chi connectivity index (χ1) is 17.6. The van der Waals surface area contributed by atoms with Crippen LogP contribution in [0.1, 0.15) is 5.56 Å². The lowest BCUT2D eigenvalue weighted by molar-refractivity contribution is -0.115. The van der Waals surface area contributed by atoms with Crippen LogP contribution < -0.4 is 19.5 Å². The van der Waals surface area contributed by atoms with Gasteiger partial charge in [0, 0.05) is 11.3 Å². The Balaban J connectivity index is 1.27. The Morgan fingerprint density at radius 3 is 2.64 bits per heavy atom. The summed E-state index contributed by atoms with van der Waals surface area (Å²) in [5.41, 5.74) is 4.14. The van der Waals surface area contributed by atoms with Crippen molar-refractivity contribution in [2.24, 2.45) is 0 Å². The molecule has 0 saturated carbocycles. The number of fused-ring (bicyclic) bond motifs is 2. The van der Waals surface area contributed by atoms with Crippen LogP contribution in [0.25, 0.3) is 21.3 Å². The van der Waals surface area contributed by atoms with E-state index in [9.17, 15) is 4.79 Å². The zero-order valence-electron chi connectivity index (χ0n) is 19.8. The van der Waals surface area contributed by atoms with E-state index in [2.05, 4.69) is 15.6 Å². The van der Waals surface area contributed by atoms with Crippen LogP contribution in [0.15, 0.2) is 58.9 Å². The summed E-state index contributed by atoms with van der Waals surface area (Å²) < 4.78 is 20.0. The van der Waals surface area contributed by atoms with E-state index in [1.54, 1.807) is 42.3 Å². The third kappa shape index (κ3) is 4.79. The van der Waals surface area contributed by atoms with Crippen LogP contribution in [-0.2, 0) is 17.1 Å². The van der Waals surface area contributed by atoms with Crippen molar-refractivity contribution in [2.75, 3.05) is 26.6 Å². The number of carbonyl (C=O) groups excluding carboxylic acids is 1. The number of rotatable bonds is 9. The van der Waals surface area contributed by atoms with Crippen LogP contribution in [0.5, 0.6) is 17.2 Å². The van der Waals surface area contributed by atoms with Gasteiger partial charge in [-0.3, -0.25) is 4.79 Å². The Bertz CT molecular complexity index is 1550. The SMILES string of the molecule is COc1ccc(CC(=O)Nc2ccc3nc(SCn4nnc5ccccc54)sc3c2)c(OC)c1OC. The fraction of sp³-hybridized carbons (Fsp3) is 0.200. The number of ether oxygens (including phenoxy) is 3. The Hall–Kier alpha value is -3.83. The zero-order valence-corrected chi connectivity index (χ0v) is 21.5. The Labute approximate surface area is 215 Å². The van der Waals surface area contributed by atoms with Gasteiger partial charge in [-0.2, -0.15) is 0 Å². The molecule has 0 aliphatic heterocycles. The maximum atomic E-state index is 12.8. The number of aromatic nitrogens is 4. The number of anilines is 1. The number of thioether (sulfide) groups is 1. The summed E-state index contributed by atoms with van der Waals surface area (Å²) in [4.78, 5) is 17.5. The number of hydrogen-bond acceptors (Lipinski definition) is 9. The monoisotopic (exact) mass is 521 g/mol. The highest BCUT2D eigenvalue weighted by Crippen LogP contribution is 2.40. The molecule has 1 N–H and O–H groups in total. The standard InChI is InChI=1S/C25H23N5O4S2/c1-32-20-11-8-15(23(33-2)24(20)34-3)12-22(31)26-16-9-10-18-21(13-16)36-25(27-18)35-14-30-19-7-5-4-6-17(19)28-29-30/h4-11,13H,12,14H2,1-3H3,(H,26,31).